The van der Waals surface area contributed by atoms with Crippen LogP contribution >= 0.6 is 0 Å². The third-order valence-corrected chi connectivity index (χ3v) is 3.24. The van der Waals surface area contributed by atoms with Gasteiger partial charge in [0.05, 0.1) is 24.0 Å². The van der Waals surface area contributed by atoms with Gasteiger partial charge in [-0.15, -0.1) is 0 Å². The average molecular weight is 356 g/mol. The molecule has 26 heavy (non-hydrogen) atoms. The second kappa shape index (κ2) is 8.89. The summed E-state index contributed by atoms with van der Waals surface area (Å²) < 4.78 is 11.5. The van der Waals surface area contributed by atoms with Gasteiger partial charge in [-0.05, 0) is 52.0 Å². The van der Waals surface area contributed by atoms with E-state index in [-0.39, 0.29) is 23.5 Å². The van der Waals surface area contributed by atoms with Gasteiger partial charge in [0, 0.05) is 11.6 Å². The van der Waals surface area contributed by atoms with Crippen molar-refractivity contribution in [3.8, 4) is 17.2 Å². The zero-order valence-electron chi connectivity index (χ0n) is 15.4. The van der Waals surface area contributed by atoms with Crippen molar-refractivity contribution in [2.75, 3.05) is 0 Å². The van der Waals surface area contributed by atoms with Crippen molar-refractivity contribution in [3.05, 3.63) is 53.6 Å². The second-order valence-electron chi connectivity index (χ2n) is 6.25. The van der Waals surface area contributed by atoms with Crippen molar-refractivity contribution in [2.45, 2.75) is 39.9 Å². The molecule has 0 aliphatic heterocycles. The minimum Gasteiger partial charge on any atom is -0.507 e. The molecule has 0 bridgehead atoms. The molecular formula is C20H24N2O4. The number of benzene rings is 2. The van der Waals surface area contributed by atoms with Gasteiger partial charge in [0.2, 0.25) is 0 Å². The van der Waals surface area contributed by atoms with Gasteiger partial charge in [-0.2, -0.15) is 5.10 Å². The van der Waals surface area contributed by atoms with Crippen molar-refractivity contribution in [2.24, 2.45) is 5.10 Å². The number of aromatic hydroxyl groups is 1. The second-order valence-corrected chi connectivity index (χ2v) is 6.25. The highest BCUT2D eigenvalue weighted by molar-refractivity contribution is 5.97. The van der Waals surface area contributed by atoms with Gasteiger partial charge in [0.25, 0.3) is 5.91 Å². The first-order valence-electron chi connectivity index (χ1n) is 8.45. The summed E-state index contributed by atoms with van der Waals surface area (Å²) in [4.78, 5) is 12.1. The average Bonchev–Trinajstić information content (AvgIpc) is 2.56. The van der Waals surface area contributed by atoms with Crippen LogP contribution in [0.5, 0.6) is 17.2 Å². The first-order valence-corrected chi connectivity index (χ1v) is 8.45. The van der Waals surface area contributed by atoms with Gasteiger partial charge in [0.1, 0.15) is 17.2 Å². The van der Waals surface area contributed by atoms with Gasteiger partial charge >= 0.3 is 0 Å². The van der Waals surface area contributed by atoms with Crippen molar-refractivity contribution in [1.82, 2.24) is 5.43 Å². The molecule has 0 spiro atoms. The maximum absolute atomic E-state index is 12.1. The van der Waals surface area contributed by atoms with Crippen LogP contribution in [0, 0.1) is 0 Å². The summed E-state index contributed by atoms with van der Waals surface area (Å²) in [5, 5.41) is 13.7. The Balaban J connectivity index is 2.15. The molecular weight excluding hydrogens is 332 g/mol. The van der Waals surface area contributed by atoms with Crippen molar-refractivity contribution >= 4 is 12.1 Å². The summed E-state index contributed by atoms with van der Waals surface area (Å²) in [7, 11) is 0. The molecule has 2 aromatic carbocycles. The van der Waals surface area contributed by atoms with Crippen molar-refractivity contribution in [3.63, 3.8) is 0 Å². The number of carbonyl (C=O) groups excluding carboxylic acids is 1. The van der Waals surface area contributed by atoms with Crippen LogP contribution in [-0.4, -0.2) is 29.4 Å². The lowest BCUT2D eigenvalue weighted by Crippen LogP contribution is -2.17. The van der Waals surface area contributed by atoms with Crippen LogP contribution in [-0.2, 0) is 0 Å². The number of phenolic OH excluding ortho intramolecular Hbond substituents is 1. The Kier molecular flexibility index (Phi) is 6.60. The third kappa shape index (κ3) is 5.51. The van der Waals surface area contributed by atoms with E-state index in [0.29, 0.717) is 17.1 Å². The first kappa shape index (κ1) is 19.3. The van der Waals surface area contributed by atoms with Crippen LogP contribution in [0.3, 0.4) is 0 Å². The van der Waals surface area contributed by atoms with E-state index in [1.807, 2.05) is 39.8 Å². The minimum absolute atomic E-state index is 0.0210. The number of nitrogens with one attached hydrogen (secondary N) is 1. The van der Waals surface area contributed by atoms with E-state index in [0.717, 1.165) is 0 Å². The maximum atomic E-state index is 12.1. The number of phenols is 1. The number of nitrogens with zero attached hydrogens (tertiary/aromatic N) is 1. The normalized spacial score (nSPS) is 11.2. The van der Waals surface area contributed by atoms with Gasteiger partial charge in [-0.25, -0.2) is 5.43 Å². The molecule has 0 unspecified atom stereocenters. The molecule has 6 heteroatoms. The molecule has 0 aliphatic carbocycles. The van der Waals surface area contributed by atoms with E-state index in [1.54, 1.807) is 18.2 Å². The first-order chi connectivity index (χ1) is 12.4. The Morgan fingerprint density at radius 2 is 1.77 bits per heavy atom. The highest BCUT2D eigenvalue weighted by atomic mass is 16.5. The monoisotopic (exact) mass is 356 g/mol. The Hall–Kier alpha value is -3.02. The van der Waals surface area contributed by atoms with Crippen LogP contribution in [0.1, 0.15) is 43.6 Å². The van der Waals surface area contributed by atoms with Gasteiger partial charge in [-0.3, -0.25) is 4.79 Å². The summed E-state index contributed by atoms with van der Waals surface area (Å²) in [6.45, 7) is 7.76. The summed E-state index contributed by atoms with van der Waals surface area (Å²) >= 11 is 0. The molecule has 0 heterocycles. The molecule has 0 atom stereocenters. The number of rotatable bonds is 7. The lowest BCUT2D eigenvalue weighted by molar-refractivity contribution is 0.0952. The molecule has 0 aliphatic rings. The Morgan fingerprint density at radius 3 is 2.42 bits per heavy atom. The topological polar surface area (TPSA) is 80.2 Å². The Morgan fingerprint density at radius 1 is 1.08 bits per heavy atom. The highest BCUT2D eigenvalue weighted by Crippen LogP contribution is 2.25. The fourth-order valence-electron chi connectivity index (χ4n) is 2.21. The molecule has 0 saturated heterocycles. The van der Waals surface area contributed by atoms with Crippen LogP contribution < -0.4 is 14.9 Å². The molecule has 1 amide bonds. The molecule has 2 rings (SSSR count). The number of hydrogen-bond donors (Lipinski definition) is 2. The van der Waals surface area contributed by atoms with Gasteiger partial charge < -0.3 is 14.6 Å². The Labute approximate surface area is 153 Å². The maximum Gasteiger partial charge on any atom is 0.275 e. The largest absolute Gasteiger partial charge is 0.507 e. The quantitative estimate of drug-likeness (QED) is 0.585. The van der Waals surface area contributed by atoms with E-state index in [1.165, 1.54) is 18.3 Å². The molecule has 0 radical (unpaired) electrons. The van der Waals surface area contributed by atoms with E-state index in [2.05, 4.69) is 10.5 Å². The highest BCUT2D eigenvalue weighted by Gasteiger charge is 2.10. The molecule has 6 nitrogen and oxygen atoms in total. The van der Waals surface area contributed by atoms with E-state index in [9.17, 15) is 9.90 Å². The molecule has 0 aromatic heterocycles. The SMILES string of the molecule is CC(C)Oc1ccc(/C=N\NC(=O)c2ccccc2O)c(OC(C)C)c1. The van der Waals surface area contributed by atoms with Crippen LogP contribution in [0.4, 0.5) is 0 Å². The lowest BCUT2D eigenvalue weighted by Gasteiger charge is -2.15. The van der Waals surface area contributed by atoms with Crippen molar-refractivity contribution in [1.29, 1.82) is 0 Å². The summed E-state index contributed by atoms with van der Waals surface area (Å²) in [6, 6.07) is 11.7. The minimum atomic E-state index is -0.495. The number of carbonyl (C=O) groups is 1. The number of ether oxygens (including phenoxy) is 2. The van der Waals surface area contributed by atoms with Crippen molar-refractivity contribution < 1.29 is 19.4 Å². The molecule has 138 valence electrons. The van der Waals surface area contributed by atoms with E-state index >= 15 is 0 Å². The zero-order valence-corrected chi connectivity index (χ0v) is 15.4. The van der Waals surface area contributed by atoms with E-state index in [4.69, 9.17) is 9.47 Å². The predicted molar refractivity (Wildman–Crippen MR) is 101 cm³/mol. The molecule has 0 fully saturated rings. The van der Waals surface area contributed by atoms with Crippen LogP contribution in [0.15, 0.2) is 47.6 Å². The summed E-state index contributed by atoms with van der Waals surface area (Å²) in [6.07, 6.45) is 1.53. The number of para-hydroxylation sites is 1. The number of hydrazone groups is 1. The van der Waals surface area contributed by atoms with E-state index < -0.39 is 5.91 Å². The fourth-order valence-corrected chi connectivity index (χ4v) is 2.21. The number of amides is 1. The smallest absolute Gasteiger partial charge is 0.275 e. The summed E-state index contributed by atoms with van der Waals surface area (Å²) in [5.74, 6) is 0.717. The Bertz CT molecular complexity index is 785. The van der Waals surface area contributed by atoms with Gasteiger partial charge in [0.15, 0.2) is 0 Å². The zero-order chi connectivity index (χ0) is 19.1. The lowest BCUT2D eigenvalue weighted by atomic mass is 10.2. The van der Waals surface area contributed by atoms with Gasteiger partial charge in [-0.1, -0.05) is 12.1 Å². The van der Waals surface area contributed by atoms with Crippen LogP contribution in [0.2, 0.25) is 0 Å². The summed E-state index contributed by atoms with van der Waals surface area (Å²) in [5.41, 5.74) is 3.26. The fraction of sp³-hybridized carbons (Fsp3) is 0.300. The molecule has 2 N–H and O–H groups in total. The molecule has 2 aromatic rings. The third-order valence-electron chi connectivity index (χ3n) is 3.24. The predicted octanol–water partition coefficient (Wildman–Crippen LogP) is 3.73. The standard InChI is InChI=1S/C20H24N2O4/c1-13(2)25-16-10-9-15(19(11-16)26-14(3)4)12-21-22-20(24)17-7-5-6-8-18(17)23/h5-14,23H,1-4H3,(H,22,24)/b21-12-. The molecule has 0 saturated carbocycles. The number of hydrogen-bond acceptors (Lipinski definition) is 5. The van der Waals surface area contributed by atoms with Crippen LogP contribution in [0.25, 0.3) is 0 Å².